The largest absolute Gasteiger partial charge is 0.497 e. The maximum atomic E-state index is 5.16. The Kier molecular flexibility index (Phi) is 4.24. The predicted molar refractivity (Wildman–Crippen MR) is 76.3 cm³/mol. The van der Waals surface area contributed by atoms with Gasteiger partial charge < -0.3 is 10.1 Å². The molecule has 0 saturated heterocycles. The lowest BCUT2D eigenvalue weighted by Crippen LogP contribution is -2.09. The Bertz CT molecular complexity index is 464. The number of ether oxygens (including phenoxy) is 1. The molecule has 0 aliphatic heterocycles. The number of hydrogen-bond donors (Lipinski definition) is 1. The Hall–Kier alpha value is -1.96. The van der Waals surface area contributed by atoms with Gasteiger partial charge in [0.1, 0.15) is 5.75 Å². The summed E-state index contributed by atoms with van der Waals surface area (Å²) < 4.78 is 5.16. The van der Waals surface area contributed by atoms with Gasteiger partial charge in [-0.2, -0.15) is 0 Å². The maximum absolute atomic E-state index is 5.16. The minimum absolute atomic E-state index is 0.469. The molecule has 0 amide bonds. The molecule has 2 nitrogen and oxygen atoms in total. The number of hydrogen-bond acceptors (Lipinski definition) is 2. The molecule has 2 rings (SSSR count). The van der Waals surface area contributed by atoms with E-state index in [4.69, 9.17) is 4.74 Å². The van der Waals surface area contributed by atoms with Crippen LogP contribution >= 0.6 is 0 Å². The summed E-state index contributed by atoms with van der Waals surface area (Å²) in [6.07, 6.45) is 0. The summed E-state index contributed by atoms with van der Waals surface area (Å²) in [5.74, 6) is 1.37. The Morgan fingerprint density at radius 2 is 1.67 bits per heavy atom. The highest BCUT2D eigenvalue weighted by Crippen LogP contribution is 2.19. The van der Waals surface area contributed by atoms with E-state index >= 15 is 0 Å². The molecule has 0 saturated carbocycles. The van der Waals surface area contributed by atoms with E-state index < -0.39 is 0 Å². The van der Waals surface area contributed by atoms with Gasteiger partial charge in [0.25, 0.3) is 0 Å². The summed E-state index contributed by atoms with van der Waals surface area (Å²) >= 11 is 0. The Labute approximate surface area is 109 Å². The van der Waals surface area contributed by atoms with Gasteiger partial charge in [-0.05, 0) is 35.7 Å². The van der Waals surface area contributed by atoms with Crippen molar-refractivity contribution in [2.24, 2.45) is 0 Å². The summed E-state index contributed by atoms with van der Waals surface area (Å²) in [4.78, 5) is 0. The lowest BCUT2D eigenvalue weighted by molar-refractivity contribution is 0.414. The van der Waals surface area contributed by atoms with Crippen LogP contribution < -0.4 is 10.1 Å². The molecule has 0 spiro atoms. The second kappa shape index (κ2) is 6.10. The van der Waals surface area contributed by atoms with Crippen LogP contribution in [-0.4, -0.2) is 13.7 Å². The van der Waals surface area contributed by atoms with E-state index in [1.54, 1.807) is 7.11 Å². The van der Waals surface area contributed by atoms with Crippen molar-refractivity contribution in [3.8, 4) is 5.75 Å². The van der Waals surface area contributed by atoms with Crippen LogP contribution in [0.4, 0.5) is 5.69 Å². The molecule has 2 aromatic carbocycles. The zero-order valence-electron chi connectivity index (χ0n) is 10.9. The lowest BCUT2D eigenvalue weighted by atomic mass is 10.0. The highest BCUT2D eigenvalue weighted by molar-refractivity contribution is 5.43. The van der Waals surface area contributed by atoms with Gasteiger partial charge in [0.05, 0.1) is 7.11 Å². The van der Waals surface area contributed by atoms with Gasteiger partial charge in [0, 0.05) is 12.2 Å². The molecule has 2 heteroatoms. The predicted octanol–water partition coefficient (Wildman–Crippen LogP) is 3.91. The fraction of sp³-hybridized carbons (Fsp3) is 0.250. The highest BCUT2D eigenvalue weighted by Gasteiger charge is 2.05. The number of anilines is 1. The molecule has 1 unspecified atom stereocenters. The van der Waals surface area contributed by atoms with Crippen LogP contribution in [0.3, 0.4) is 0 Å². The first-order chi connectivity index (χ1) is 8.79. The van der Waals surface area contributed by atoms with E-state index in [0.717, 1.165) is 18.0 Å². The molecular formula is C16H19NO. The van der Waals surface area contributed by atoms with E-state index in [0.29, 0.717) is 5.92 Å². The fourth-order valence-electron chi connectivity index (χ4n) is 1.88. The smallest absolute Gasteiger partial charge is 0.118 e. The normalized spacial score (nSPS) is 11.9. The average molecular weight is 241 g/mol. The number of nitrogens with one attached hydrogen (secondary N) is 1. The van der Waals surface area contributed by atoms with Gasteiger partial charge >= 0.3 is 0 Å². The zero-order valence-corrected chi connectivity index (χ0v) is 10.9. The van der Waals surface area contributed by atoms with Crippen molar-refractivity contribution < 1.29 is 4.74 Å². The maximum Gasteiger partial charge on any atom is 0.118 e. The molecule has 0 aliphatic rings. The third-order valence-electron chi connectivity index (χ3n) is 3.07. The van der Waals surface area contributed by atoms with Crippen molar-refractivity contribution in [1.29, 1.82) is 0 Å². The van der Waals surface area contributed by atoms with Crippen molar-refractivity contribution >= 4 is 5.69 Å². The molecule has 2 aromatic rings. The molecule has 0 bridgehead atoms. The van der Waals surface area contributed by atoms with Crippen molar-refractivity contribution in [2.45, 2.75) is 12.8 Å². The third-order valence-corrected chi connectivity index (χ3v) is 3.07. The zero-order chi connectivity index (χ0) is 12.8. The van der Waals surface area contributed by atoms with Crippen molar-refractivity contribution in [3.63, 3.8) is 0 Å². The van der Waals surface area contributed by atoms with Crippen LogP contribution in [0.15, 0.2) is 54.6 Å². The number of methoxy groups -OCH3 is 1. The van der Waals surface area contributed by atoms with E-state index in [1.807, 2.05) is 30.3 Å². The monoisotopic (exact) mass is 241 g/mol. The topological polar surface area (TPSA) is 21.3 Å². The van der Waals surface area contributed by atoms with E-state index in [1.165, 1.54) is 5.56 Å². The molecular weight excluding hydrogens is 222 g/mol. The van der Waals surface area contributed by atoms with Gasteiger partial charge in [0.15, 0.2) is 0 Å². The van der Waals surface area contributed by atoms with Crippen LogP contribution in [0.25, 0.3) is 0 Å². The molecule has 1 atom stereocenters. The Morgan fingerprint density at radius 1 is 1.00 bits per heavy atom. The minimum Gasteiger partial charge on any atom is -0.497 e. The fourth-order valence-corrected chi connectivity index (χ4v) is 1.88. The molecule has 94 valence electrons. The lowest BCUT2D eigenvalue weighted by Gasteiger charge is -2.14. The summed E-state index contributed by atoms with van der Waals surface area (Å²) in [6, 6.07) is 18.5. The van der Waals surface area contributed by atoms with Gasteiger partial charge in [-0.3, -0.25) is 0 Å². The first-order valence-corrected chi connectivity index (χ1v) is 6.22. The SMILES string of the molecule is COc1ccc(C(C)CNc2ccccc2)cc1. The number of para-hydroxylation sites is 1. The summed E-state index contributed by atoms with van der Waals surface area (Å²) in [5.41, 5.74) is 2.48. The second-order valence-corrected chi connectivity index (χ2v) is 4.42. The molecule has 0 radical (unpaired) electrons. The molecule has 0 aromatic heterocycles. The molecule has 18 heavy (non-hydrogen) atoms. The van der Waals surface area contributed by atoms with Crippen LogP contribution in [0.5, 0.6) is 5.75 Å². The van der Waals surface area contributed by atoms with Gasteiger partial charge in [0.2, 0.25) is 0 Å². The molecule has 0 aliphatic carbocycles. The van der Waals surface area contributed by atoms with Crippen molar-refractivity contribution in [2.75, 3.05) is 19.0 Å². The van der Waals surface area contributed by atoms with Crippen LogP contribution in [0, 0.1) is 0 Å². The van der Waals surface area contributed by atoms with Gasteiger partial charge in [-0.1, -0.05) is 37.3 Å². The third kappa shape index (κ3) is 3.27. The first kappa shape index (κ1) is 12.5. The summed E-state index contributed by atoms with van der Waals surface area (Å²) in [7, 11) is 1.69. The van der Waals surface area contributed by atoms with E-state index in [-0.39, 0.29) is 0 Å². The van der Waals surface area contributed by atoms with Gasteiger partial charge in [-0.15, -0.1) is 0 Å². The van der Waals surface area contributed by atoms with Crippen LogP contribution in [0.1, 0.15) is 18.4 Å². The van der Waals surface area contributed by atoms with E-state index in [9.17, 15) is 0 Å². The van der Waals surface area contributed by atoms with Crippen LogP contribution in [0.2, 0.25) is 0 Å². The summed E-state index contributed by atoms with van der Waals surface area (Å²) in [5, 5.41) is 3.44. The van der Waals surface area contributed by atoms with Gasteiger partial charge in [-0.25, -0.2) is 0 Å². The average Bonchev–Trinajstić information content (AvgIpc) is 2.46. The van der Waals surface area contributed by atoms with E-state index in [2.05, 4.69) is 36.5 Å². The minimum atomic E-state index is 0.469. The quantitative estimate of drug-likeness (QED) is 0.857. The van der Waals surface area contributed by atoms with Crippen molar-refractivity contribution in [3.05, 3.63) is 60.2 Å². The summed E-state index contributed by atoms with van der Waals surface area (Å²) in [6.45, 7) is 3.15. The number of benzene rings is 2. The molecule has 0 fully saturated rings. The Balaban J connectivity index is 1.93. The number of rotatable bonds is 5. The Morgan fingerprint density at radius 3 is 2.28 bits per heavy atom. The van der Waals surface area contributed by atoms with Crippen molar-refractivity contribution in [1.82, 2.24) is 0 Å². The van der Waals surface area contributed by atoms with Crippen LogP contribution in [-0.2, 0) is 0 Å². The standard InChI is InChI=1S/C16H19NO/c1-13(12-17-15-6-4-3-5-7-15)14-8-10-16(18-2)11-9-14/h3-11,13,17H,12H2,1-2H3. The molecule has 0 heterocycles. The highest BCUT2D eigenvalue weighted by atomic mass is 16.5. The first-order valence-electron chi connectivity index (χ1n) is 6.22. The molecule has 1 N–H and O–H groups in total. The second-order valence-electron chi connectivity index (χ2n) is 4.42.